The van der Waals surface area contributed by atoms with Crippen molar-refractivity contribution in [3.05, 3.63) is 71.0 Å². The summed E-state index contributed by atoms with van der Waals surface area (Å²) in [4.78, 5) is 20.6. The number of furan rings is 1. The Labute approximate surface area is 188 Å². The van der Waals surface area contributed by atoms with E-state index < -0.39 is 5.97 Å². The molecule has 0 unspecified atom stereocenters. The van der Waals surface area contributed by atoms with Crippen LogP contribution in [0.4, 0.5) is 10.2 Å². The van der Waals surface area contributed by atoms with Crippen molar-refractivity contribution in [3.63, 3.8) is 0 Å². The number of aromatic carboxylic acids is 1. The molecular formula is C24H22FN3O3S. The molecule has 4 aromatic rings. The van der Waals surface area contributed by atoms with Crippen LogP contribution in [0.3, 0.4) is 0 Å². The molecule has 0 aliphatic heterocycles. The van der Waals surface area contributed by atoms with Gasteiger partial charge >= 0.3 is 5.97 Å². The van der Waals surface area contributed by atoms with Gasteiger partial charge in [-0.05, 0) is 56.4 Å². The van der Waals surface area contributed by atoms with Crippen LogP contribution in [0.5, 0.6) is 0 Å². The number of thioether (sulfide) groups is 1. The van der Waals surface area contributed by atoms with Crippen LogP contribution < -0.4 is 5.32 Å². The van der Waals surface area contributed by atoms with E-state index in [0.717, 1.165) is 33.4 Å². The molecule has 0 aliphatic rings. The molecule has 6 nitrogen and oxygen atoms in total. The number of aromatic nitrogens is 2. The summed E-state index contributed by atoms with van der Waals surface area (Å²) in [7, 11) is 0. The number of carboxylic acids is 1. The Morgan fingerprint density at radius 1 is 1.19 bits per heavy atom. The standard InChI is InChI=1S/C24H22FN3O3S/c1-13-8-16(25)10-19-17(14(2)31-23(13)19)6-7-26-22-11-20(27-12-28-22)15-4-5-18(24(29)30)21(9-15)32-3/h4-5,8-12H,6-7H2,1-3H3,(H,29,30)(H,26,27,28). The third-order valence-electron chi connectivity index (χ3n) is 5.32. The highest BCUT2D eigenvalue weighted by atomic mass is 32.2. The van der Waals surface area contributed by atoms with Gasteiger partial charge in [-0.3, -0.25) is 0 Å². The summed E-state index contributed by atoms with van der Waals surface area (Å²) < 4.78 is 19.7. The Morgan fingerprint density at radius 2 is 2.00 bits per heavy atom. The first kappa shape index (κ1) is 21.8. The van der Waals surface area contributed by atoms with Gasteiger partial charge in [-0.2, -0.15) is 0 Å². The summed E-state index contributed by atoms with van der Waals surface area (Å²) in [5.74, 6) is 0.199. The van der Waals surface area contributed by atoms with Crippen LogP contribution in [0.2, 0.25) is 0 Å². The maximum Gasteiger partial charge on any atom is 0.336 e. The van der Waals surface area contributed by atoms with Crippen molar-refractivity contribution in [2.24, 2.45) is 0 Å². The first-order chi connectivity index (χ1) is 15.4. The molecule has 4 rings (SSSR count). The van der Waals surface area contributed by atoms with E-state index in [1.165, 1.54) is 30.2 Å². The molecule has 2 aromatic carbocycles. The van der Waals surface area contributed by atoms with E-state index in [1.54, 1.807) is 12.1 Å². The normalized spacial score (nSPS) is 11.1. The molecule has 0 saturated heterocycles. The van der Waals surface area contributed by atoms with Gasteiger partial charge in [0, 0.05) is 34.0 Å². The molecule has 164 valence electrons. The van der Waals surface area contributed by atoms with Crippen LogP contribution in [0, 0.1) is 19.7 Å². The van der Waals surface area contributed by atoms with Crippen molar-refractivity contribution in [2.75, 3.05) is 18.1 Å². The first-order valence-electron chi connectivity index (χ1n) is 10.0. The van der Waals surface area contributed by atoms with Crippen molar-refractivity contribution >= 4 is 34.5 Å². The van der Waals surface area contributed by atoms with Gasteiger partial charge in [-0.25, -0.2) is 19.2 Å². The number of nitrogens with one attached hydrogen (secondary N) is 1. The summed E-state index contributed by atoms with van der Waals surface area (Å²) in [6.07, 6.45) is 3.96. The molecule has 0 spiro atoms. The molecular weight excluding hydrogens is 429 g/mol. The van der Waals surface area contributed by atoms with Crippen LogP contribution in [0.1, 0.15) is 27.2 Å². The quantitative estimate of drug-likeness (QED) is 0.347. The van der Waals surface area contributed by atoms with Gasteiger partial charge in [0.2, 0.25) is 0 Å². The van der Waals surface area contributed by atoms with Gasteiger partial charge in [0.15, 0.2) is 0 Å². The van der Waals surface area contributed by atoms with E-state index in [2.05, 4.69) is 15.3 Å². The fraction of sp³-hybridized carbons (Fsp3) is 0.208. The van der Waals surface area contributed by atoms with Gasteiger partial charge < -0.3 is 14.8 Å². The second-order valence-electron chi connectivity index (χ2n) is 7.42. The summed E-state index contributed by atoms with van der Waals surface area (Å²) in [5.41, 5.74) is 4.24. The largest absolute Gasteiger partial charge is 0.478 e. The average Bonchev–Trinajstić information content (AvgIpc) is 3.09. The molecule has 0 aliphatic carbocycles. The number of benzene rings is 2. The number of nitrogens with zero attached hydrogens (tertiary/aromatic N) is 2. The number of fused-ring (bicyclic) bond motifs is 1. The van der Waals surface area contributed by atoms with E-state index in [1.807, 2.05) is 32.2 Å². The van der Waals surface area contributed by atoms with Crippen molar-refractivity contribution in [2.45, 2.75) is 25.2 Å². The summed E-state index contributed by atoms with van der Waals surface area (Å²) >= 11 is 1.38. The maximum atomic E-state index is 13.9. The number of carboxylic acid groups (broad SMARTS) is 1. The Kier molecular flexibility index (Phi) is 6.14. The second-order valence-corrected chi connectivity index (χ2v) is 8.27. The van der Waals surface area contributed by atoms with Crippen LogP contribution in [-0.2, 0) is 6.42 Å². The fourth-order valence-corrected chi connectivity index (χ4v) is 4.38. The molecule has 0 radical (unpaired) electrons. The number of carbonyl (C=O) groups is 1. The zero-order valence-corrected chi connectivity index (χ0v) is 18.7. The van der Waals surface area contributed by atoms with E-state index in [4.69, 9.17) is 4.42 Å². The number of halogens is 1. The Hall–Kier alpha value is -3.39. The van der Waals surface area contributed by atoms with Crippen molar-refractivity contribution in [1.82, 2.24) is 9.97 Å². The summed E-state index contributed by atoms with van der Waals surface area (Å²) in [5, 5.41) is 13.4. The molecule has 0 fully saturated rings. The zero-order valence-electron chi connectivity index (χ0n) is 17.9. The van der Waals surface area contributed by atoms with Crippen LogP contribution in [0.15, 0.2) is 52.0 Å². The van der Waals surface area contributed by atoms with Gasteiger partial charge in [0.05, 0.1) is 11.3 Å². The lowest BCUT2D eigenvalue weighted by Crippen LogP contribution is -2.07. The highest BCUT2D eigenvalue weighted by molar-refractivity contribution is 7.98. The first-order valence-corrected chi connectivity index (χ1v) is 11.3. The fourth-order valence-electron chi connectivity index (χ4n) is 3.76. The molecule has 2 heterocycles. The lowest BCUT2D eigenvalue weighted by Gasteiger charge is -2.09. The monoisotopic (exact) mass is 451 g/mol. The number of hydrogen-bond acceptors (Lipinski definition) is 6. The lowest BCUT2D eigenvalue weighted by atomic mass is 10.1. The van der Waals surface area contributed by atoms with Crippen LogP contribution in [-0.4, -0.2) is 33.8 Å². The van der Waals surface area contributed by atoms with Crippen molar-refractivity contribution in [1.29, 1.82) is 0 Å². The van der Waals surface area contributed by atoms with Gasteiger partial charge in [-0.1, -0.05) is 6.07 Å². The predicted octanol–water partition coefficient (Wildman–Crippen LogP) is 5.72. The van der Waals surface area contributed by atoms with Gasteiger partial charge in [0.25, 0.3) is 0 Å². The van der Waals surface area contributed by atoms with E-state index in [0.29, 0.717) is 29.4 Å². The van der Waals surface area contributed by atoms with Crippen LogP contribution >= 0.6 is 11.8 Å². The highest BCUT2D eigenvalue weighted by Crippen LogP contribution is 2.30. The average molecular weight is 452 g/mol. The molecule has 0 saturated carbocycles. The summed E-state index contributed by atoms with van der Waals surface area (Å²) in [6, 6.07) is 9.96. The van der Waals surface area contributed by atoms with E-state index in [9.17, 15) is 14.3 Å². The minimum Gasteiger partial charge on any atom is -0.478 e. The molecule has 8 heteroatoms. The minimum absolute atomic E-state index is 0.267. The minimum atomic E-state index is -0.955. The SMILES string of the molecule is CSc1cc(-c2cc(NCCc3c(C)oc4c(C)cc(F)cc34)ncn2)ccc1C(=O)O. The number of aryl methyl sites for hydroxylation is 2. The Morgan fingerprint density at radius 3 is 2.75 bits per heavy atom. The molecule has 2 aromatic heterocycles. The molecule has 0 atom stereocenters. The third-order valence-corrected chi connectivity index (χ3v) is 6.10. The molecule has 32 heavy (non-hydrogen) atoms. The maximum absolute atomic E-state index is 13.9. The number of rotatable bonds is 7. The number of hydrogen-bond donors (Lipinski definition) is 2. The zero-order chi connectivity index (χ0) is 22.8. The van der Waals surface area contributed by atoms with Gasteiger partial charge in [-0.15, -0.1) is 11.8 Å². The van der Waals surface area contributed by atoms with Crippen molar-refractivity contribution in [3.8, 4) is 11.3 Å². The highest BCUT2D eigenvalue weighted by Gasteiger charge is 2.15. The van der Waals surface area contributed by atoms with Crippen molar-refractivity contribution < 1.29 is 18.7 Å². The Bertz CT molecular complexity index is 1320. The molecule has 0 amide bonds. The lowest BCUT2D eigenvalue weighted by molar-refractivity contribution is 0.0693. The molecule has 2 N–H and O–H groups in total. The van der Waals surface area contributed by atoms with Crippen LogP contribution in [0.25, 0.3) is 22.2 Å². The molecule has 0 bridgehead atoms. The summed E-state index contributed by atoms with van der Waals surface area (Å²) in [6.45, 7) is 4.30. The van der Waals surface area contributed by atoms with E-state index in [-0.39, 0.29) is 11.4 Å². The van der Waals surface area contributed by atoms with E-state index >= 15 is 0 Å². The topological polar surface area (TPSA) is 88.3 Å². The predicted molar refractivity (Wildman–Crippen MR) is 124 cm³/mol. The second kappa shape index (κ2) is 9.00. The van der Waals surface area contributed by atoms with Gasteiger partial charge in [0.1, 0.15) is 29.3 Å². The smallest absolute Gasteiger partial charge is 0.336 e. The number of anilines is 1. The third kappa shape index (κ3) is 4.31. The Balaban J connectivity index is 1.52.